The zero-order valence-electron chi connectivity index (χ0n) is 15.6. The molecule has 0 bridgehead atoms. The lowest BCUT2D eigenvalue weighted by Gasteiger charge is -2.07. The van der Waals surface area contributed by atoms with Crippen LogP contribution in [0.2, 0.25) is 0 Å². The number of pyridine rings is 2. The van der Waals surface area contributed by atoms with Gasteiger partial charge in [0.05, 0.1) is 5.52 Å². The molecule has 0 aliphatic heterocycles. The number of halogens is 1. The van der Waals surface area contributed by atoms with Crippen molar-refractivity contribution in [2.75, 3.05) is 0 Å². The van der Waals surface area contributed by atoms with E-state index in [4.69, 9.17) is 0 Å². The predicted octanol–water partition coefficient (Wildman–Crippen LogP) is 6.77. The summed E-state index contributed by atoms with van der Waals surface area (Å²) in [4.78, 5) is 8.84. The van der Waals surface area contributed by atoms with Gasteiger partial charge < -0.3 is 0 Å². The molecule has 0 unspecified atom stereocenters. The van der Waals surface area contributed by atoms with Gasteiger partial charge in [-0.3, -0.25) is 9.97 Å². The van der Waals surface area contributed by atoms with E-state index < -0.39 is 0 Å². The van der Waals surface area contributed by atoms with Crippen LogP contribution in [0.25, 0.3) is 44.3 Å². The van der Waals surface area contributed by atoms with Crippen molar-refractivity contribution in [2.24, 2.45) is 0 Å². The molecular weight excluding hydrogens is 359 g/mol. The third-order valence-corrected chi connectivity index (χ3v) is 5.07. The molecule has 138 valence electrons. The van der Waals surface area contributed by atoms with Crippen LogP contribution in [0.1, 0.15) is 0 Å². The van der Waals surface area contributed by atoms with Gasteiger partial charge in [0, 0.05) is 29.5 Å². The van der Waals surface area contributed by atoms with Crippen molar-refractivity contribution in [1.82, 2.24) is 9.97 Å². The highest BCUT2D eigenvalue weighted by Crippen LogP contribution is 2.28. The Bertz CT molecular complexity index is 1280. The van der Waals surface area contributed by atoms with Crippen LogP contribution >= 0.6 is 0 Å². The van der Waals surface area contributed by atoms with Crippen LogP contribution in [0.3, 0.4) is 0 Å². The molecule has 29 heavy (non-hydrogen) atoms. The molecule has 0 N–H and O–H groups in total. The largest absolute Gasteiger partial charge is 0.264 e. The summed E-state index contributed by atoms with van der Waals surface area (Å²) >= 11 is 0. The van der Waals surface area contributed by atoms with Crippen molar-refractivity contribution in [1.29, 1.82) is 0 Å². The Morgan fingerprint density at radius 1 is 0.552 bits per heavy atom. The topological polar surface area (TPSA) is 25.8 Å². The van der Waals surface area contributed by atoms with E-state index in [9.17, 15) is 4.39 Å². The van der Waals surface area contributed by atoms with E-state index in [0.717, 1.165) is 44.3 Å². The van der Waals surface area contributed by atoms with E-state index in [2.05, 4.69) is 52.4 Å². The van der Waals surface area contributed by atoms with Crippen LogP contribution in [0.4, 0.5) is 4.39 Å². The molecule has 0 fully saturated rings. The standard InChI is InChI=1S/C26H17FN2/c27-25-11-9-18(10-12-25)21-7-8-22-14-24(17-29-26(22)15-21)20-5-3-19(4-6-20)23-2-1-13-28-16-23/h1-17H. The summed E-state index contributed by atoms with van der Waals surface area (Å²) in [6.45, 7) is 0. The van der Waals surface area contributed by atoms with Gasteiger partial charge in [-0.2, -0.15) is 0 Å². The van der Waals surface area contributed by atoms with Crippen molar-refractivity contribution in [3.05, 3.63) is 109 Å². The Balaban J connectivity index is 1.47. The highest BCUT2D eigenvalue weighted by atomic mass is 19.1. The zero-order valence-corrected chi connectivity index (χ0v) is 15.6. The first-order valence-electron chi connectivity index (χ1n) is 9.43. The maximum Gasteiger partial charge on any atom is 0.123 e. The minimum Gasteiger partial charge on any atom is -0.264 e. The SMILES string of the molecule is Fc1ccc(-c2ccc3cc(-c4ccc(-c5cccnc5)cc4)cnc3c2)cc1. The average Bonchev–Trinajstić information content (AvgIpc) is 2.80. The van der Waals surface area contributed by atoms with Crippen molar-refractivity contribution in [3.8, 4) is 33.4 Å². The number of nitrogens with zero attached hydrogens (tertiary/aromatic N) is 2. The fourth-order valence-corrected chi connectivity index (χ4v) is 3.49. The van der Waals surface area contributed by atoms with Gasteiger partial charge >= 0.3 is 0 Å². The van der Waals surface area contributed by atoms with Crippen LogP contribution in [-0.4, -0.2) is 9.97 Å². The van der Waals surface area contributed by atoms with Crippen LogP contribution < -0.4 is 0 Å². The van der Waals surface area contributed by atoms with E-state index in [1.807, 2.05) is 30.6 Å². The molecule has 0 aliphatic carbocycles. The van der Waals surface area contributed by atoms with E-state index in [-0.39, 0.29) is 5.82 Å². The van der Waals surface area contributed by atoms with Gasteiger partial charge in [-0.15, -0.1) is 0 Å². The molecule has 0 spiro atoms. The van der Waals surface area contributed by atoms with Crippen LogP contribution in [0.15, 0.2) is 104 Å². The minimum atomic E-state index is -0.230. The van der Waals surface area contributed by atoms with Crippen molar-refractivity contribution in [3.63, 3.8) is 0 Å². The lowest BCUT2D eigenvalue weighted by Crippen LogP contribution is -1.86. The average molecular weight is 376 g/mol. The monoisotopic (exact) mass is 376 g/mol. The molecule has 5 aromatic rings. The third kappa shape index (κ3) is 3.50. The number of hydrogen-bond donors (Lipinski definition) is 0. The predicted molar refractivity (Wildman–Crippen MR) is 116 cm³/mol. The van der Waals surface area contributed by atoms with Crippen LogP contribution in [0.5, 0.6) is 0 Å². The quantitative estimate of drug-likeness (QED) is 0.347. The van der Waals surface area contributed by atoms with E-state index >= 15 is 0 Å². The highest BCUT2D eigenvalue weighted by molar-refractivity contribution is 5.87. The first-order valence-corrected chi connectivity index (χ1v) is 9.43. The Morgan fingerprint density at radius 2 is 1.21 bits per heavy atom. The molecule has 0 aliphatic rings. The summed E-state index contributed by atoms with van der Waals surface area (Å²) in [5, 5.41) is 1.07. The second kappa shape index (κ2) is 7.28. The van der Waals surface area contributed by atoms with Gasteiger partial charge in [-0.1, -0.05) is 54.6 Å². The first kappa shape index (κ1) is 17.3. The second-order valence-electron chi connectivity index (χ2n) is 6.96. The molecule has 0 amide bonds. The molecule has 0 saturated heterocycles. The Hall–Kier alpha value is -3.85. The van der Waals surface area contributed by atoms with Crippen LogP contribution in [0, 0.1) is 5.82 Å². The number of benzene rings is 3. The Kier molecular flexibility index (Phi) is 4.34. The molecule has 5 rings (SSSR count). The minimum absolute atomic E-state index is 0.230. The lowest BCUT2D eigenvalue weighted by atomic mass is 10.00. The summed E-state index contributed by atoms with van der Waals surface area (Å²) in [7, 11) is 0. The van der Waals surface area contributed by atoms with Gasteiger partial charge in [-0.25, -0.2) is 4.39 Å². The summed E-state index contributed by atoms with van der Waals surface area (Å²) in [5.74, 6) is -0.230. The van der Waals surface area contributed by atoms with Crippen molar-refractivity contribution < 1.29 is 4.39 Å². The molecule has 2 aromatic heterocycles. The maximum atomic E-state index is 13.2. The first-order chi connectivity index (χ1) is 14.3. The van der Waals surface area contributed by atoms with Gasteiger partial charge in [0.2, 0.25) is 0 Å². The highest BCUT2D eigenvalue weighted by Gasteiger charge is 2.05. The van der Waals surface area contributed by atoms with E-state index in [1.54, 1.807) is 18.3 Å². The van der Waals surface area contributed by atoms with Crippen molar-refractivity contribution in [2.45, 2.75) is 0 Å². The summed E-state index contributed by atoms with van der Waals surface area (Å²) in [6.07, 6.45) is 5.54. The van der Waals surface area contributed by atoms with Gasteiger partial charge in [0.25, 0.3) is 0 Å². The number of aromatic nitrogens is 2. The van der Waals surface area contributed by atoms with E-state index in [1.165, 1.54) is 12.1 Å². The van der Waals surface area contributed by atoms with Gasteiger partial charge in [0.1, 0.15) is 5.82 Å². The zero-order chi connectivity index (χ0) is 19.6. The lowest BCUT2D eigenvalue weighted by molar-refractivity contribution is 0.628. The molecular formula is C26H17FN2. The van der Waals surface area contributed by atoms with Gasteiger partial charge in [-0.05, 0) is 58.1 Å². The fourth-order valence-electron chi connectivity index (χ4n) is 3.49. The Labute approximate surface area is 168 Å². The van der Waals surface area contributed by atoms with Crippen LogP contribution in [-0.2, 0) is 0 Å². The molecule has 3 heteroatoms. The maximum absolute atomic E-state index is 13.2. The molecule has 2 nitrogen and oxygen atoms in total. The normalized spacial score (nSPS) is 10.9. The van der Waals surface area contributed by atoms with E-state index in [0.29, 0.717) is 0 Å². The number of hydrogen-bond acceptors (Lipinski definition) is 2. The molecule has 2 heterocycles. The summed E-state index contributed by atoms with van der Waals surface area (Å²) < 4.78 is 13.2. The smallest absolute Gasteiger partial charge is 0.123 e. The molecule has 0 saturated carbocycles. The molecule has 0 radical (unpaired) electrons. The fraction of sp³-hybridized carbons (Fsp3) is 0. The van der Waals surface area contributed by atoms with Gasteiger partial charge in [0.15, 0.2) is 0 Å². The third-order valence-electron chi connectivity index (χ3n) is 5.07. The summed E-state index contributed by atoms with van der Waals surface area (Å²) in [6, 6.07) is 27.3. The summed E-state index contributed by atoms with van der Waals surface area (Å²) in [5.41, 5.74) is 7.36. The second-order valence-corrected chi connectivity index (χ2v) is 6.96. The molecule has 3 aromatic carbocycles. The Morgan fingerprint density at radius 3 is 1.93 bits per heavy atom. The van der Waals surface area contributed by atoms with Crippen molar-refractivity contribution >= 4 is 10.9 Å². The number of fused-ring (bicyclic) bond motifs is 1. The molecule has 0 atom stereocenters. The number of rotatable bonds is 3.